The summed E-state index contributed by atoms with van der Waals surface area (Å²) in [7, 11) is 1.60. The van der Waals surface area contributed by atoms with Gasteiger partial charge in [-0.2, -0.15) is 0 Å². The zero-order valence-electron chi connectivity index (χ0n) is 13.7. The van der Waals surface area contributed by atoms with Gasteiger partial charge in [0, 0.05) is 16.8 Å². The summed E-state index contributed by atoms with van der Waals surface area (Å²) >= 11 is 1.57. The van der Waals surface area contributed by atoms with Gasteiger partial charge in [-0.25, -0.2) is 4.79 Å². The zero-order chi connectivity index (χ0) is 16.3. The van der Waals surface area contributed by atoms with Crippen molar-refractivity contribution in [2.24, 2.45) is 0 Å². The van der Waals surface area contributed by atoms with Gasteiger partial charge in [-0.05, 0) is 46.2 Å². The molecule has 0 bridgehead atoms. The maximum absolute atomic E-state index is 12.2. The zero-order valence-corrected chi connectivity index (χ0v) is 14.5. The SMILES string of the molecule is CCCc1ccc(C(C)(C=O)N(C)C(=O)OC(C)(C)C)s1. The molecule has 1 atom stereocenters. The van der Waals surface area contributed by atoms with Gasteiger partial charge < -0.3 is 9.53 Å². The lowest BCUT2D eigenvalue weighted by Crippen LogP contribution is -2.47. The quantitative estimate of drug-likeness (QED) is 0.773. The maximum Gasteiger partial charge on any atom is 0.411 e. The molecule has 5 heteroatoms. The van der Waals surface area contributed by atoms with E-state index in [0.717, 1.165) is 24.0 Å². The molecule has 118 valence electrons. The number of carbonyl (C=O) groups is 2. The summed E-state index contributed by atoms with van der Waals surface area (Å²) in [6, 6.07) is 3.94. The molecule has 1 amide bonds. The summed E-state index contributed by atoms with van der Waals surface area (Å²) < 4.78 is 5.36. The lowest BCUT2D eigenvalue weighted by atomic mass is 10.0. The Balaban J connectivity index is 3.01. The molecule has 0 saturated carbocycles. The molecule has 0 fully saturated rings. The number of thiophene rings is 1. The summed E-state index contributed by atoms with van der Waals surface area (Å²) in [6.45, 7) is 9.28. The minimum absolute atomic E-state index is 0.498. The minimum atomic E-state index is -1.00. The number of ether oxygens (including phenoxy) is 1. The fraction of sp³-hybridized carbons (Fsp3) is 0.625. The number of aldehydes is 1. The fourth-order valence-electron chi connectivity index (χ4n) is 1.85. The van der Waals surface area contributed by atoms with Crippen molar-refractivity contribution in [2.45, 2.75) is 58.6 Å². The van der Waals surface area contributed by atoms with E-state index in [1.807, 2.05) is 32.9 Å². The molecule has 1 heterocycles. The van der Waals surface area contributed by atoms with Gasteiger partial charge in [0.2, 0.25) is 0 Å². The number of carbonyl (C=O) groups excluding carboxylic acids is 2. The van der Waals surface area contributed by atoms with Gasteiger partial charge >= 0.3 is 6.09 Å². The standard InChI is InChI=1S/C16H25NO3S/c1-7-8-12-9-10-13(21-12)16(5,11-18)17(6)14(19)20-15(2,3)4/h9-11H,7-8H2,1-6H3. The van der Waals surface area contributed by atoms with E-state index in [1.54, 1.807) is 25.3 Å². The fourth-order valence-corrected chi connectivity index (χ4v) is 3.11. The highest BCUT2D eigenvalue weighted by Gasteiger charge is 2.37. The third-order valence-corrected chi connectivity index (χ3v) is 4.62. The molecule has 0 aliphatic rings. The molecule has 0 radical (unpaired) electrons. The molecular weight excluding hydrogens is 286 g/mol. The molecular formula is C16H25NO3S. The molecule has 0 spiro atoms. The number of hydrogen-bond donors (Lipinski definition) is 0. The number of likely N-dealkylation sites (N-methyl/N-ethyl adjacent to an activating group) is 1. The molecule has 1 aromatic rings. The Hall–Kier alpha value is -1.36. The number of rotatable bonds is 5. The van der Waals surface area contributed by atoms with Crippen molar-refractivity contribution in [3.05, 3.63) is 21.9 Å². The Morgan fingerprint density at radius 2 is 1.95 bits per heavy atom. The molecule has 0 saturated heterocycles. The molecule has 1 aromatic heterocycles. The van der Waals surface area contributed by atoms with E-state index in [2.05, 4.69) is 6.92 Å². The summed E-state index contributed by atoms with van der Waals surface area (Å²) in [5, 5.41) is 0. The highest BCUT2D eigenvalue weighted by Crippen LogP contribution is 2.32. The van der Waals surface area contributed by atoms with E-state index >= 15 is 0 Å². The third kappa shape index (κ3) is 4.30. The van der Waals surface area contributed by atoms with Gasteiger partial charge in [0.25, 0.3) is 0 Å². The predicted molar refractivity (Wildman–Crippen MR) is 85.7 cm³/mol. The maximum atomic E-state index is 12.2. The summed E-state index contributed by atoms with van der Waals surface area (Å²) in [5.74, 6) is 0. The van der Waals surface area contributed by atoms with Gasteiger partial charge in [-0.3, -0.25) is 4.90 Å². The number of aryl methyl sites for hydroxylation is 1. The van der Waals surface area contributed by atoms with E-state index in [4.69, 9.17) is 4.74 Å². The van der Waals surface area contributed by atoms with Gasteiger partial charge in [0.05, 0.1) is 0 Å². The van der Waals surface area contributed by atoms with Crippen molar-refractivity contribution in [1.29, 1.82) is 0 Å². The van der Waals surface area contributed by atoms with Crippen LogP contribution in [0.15, 0.2) is 12.1 Å². The van der Waals surface area contributed by atoms with Crippen LogP contribution in [-0.2, 0) is 21.5 Å². The average molecular weight is 311 g/mol. The van der Waals surface area contributed by atoms with Gasteiger partial charge in [0.15, 0.2) is 6.29 Å². The van der Waals surface area contributed by atoms with Gasteiger partial charge in [0.1, 0.15) is 11.1 Å². The van der Waals surface area contributed by atoms with Crippen molar-refractivity contribution in [1.82, 2.24) is 4.90 Å². The van der Waals surface area contributed by atoms with Crippen LogP contribution in [0.25, 0.3) is 0 Å². The van der Waals surface area contributed by atoms with E-state index < -0.39 is 17.2 Å². The molecule has 0 N–H and O–H groups in total. The largest absolute Gasteiger partial charge is 0.444 e. The monoisotopic (exact) mass is 311 g/mol. The van der Waals surface area contributed by atoms with Crippen LogP contribution < -0.4 is 0 Å². The summed E-state index contributed by atoms with van der Waals surface area (Å²) in [4.78, 5) is 27.3. The van der Waals surface area contributed by atoms with Gasteiger partial charge in [-0.1, -0.05) is 13.3 Å². The molecule has 1 unspecified atom stereocenters. The number of amides is 1. The van der Waals surface area contributed by atoms with Crippen LogP contribution in [-0.4, -0.2) is 29.9 Å². The van der Waals surface area contributed by atoms with E-state index in [1.165, 1.54) is 9.78 Å². The normalized spacial score (nSPS) is 14.4. The highest BCUT2D eigenvalue weighted by atomic mass is 32.1. The lowest BCUT2D eigenvalue weighted by Gasteiger charge is -2.34. The van der Waals surface area contributed by atoms with Crippen LogP contribution in [0.2, 0.25) is 0 Å². The van der Waals surface area contributed by atoms with Crippen LogP contribution in [0.3, 0.4) is 0 Å². The number of nitrogens with zero attached hydrogens (tertiary/aromatic N) is 1. The minimum Gasteiger partial charge on any atom is -0.444 e. The topological polar surface area (TPSA) is 46.6 Å². The first-order valence-corrected chi connectivity index (χ1v) is 7.98. The van der Waals surface area contributed by atoms with Gasteiger partial charge in [-0.15, -0.1) is 11.3 Å². The van der Waals surface area contributed by atoms with Crippen LogP contribution in [0, 0.1) is 0 Å². The Kier molecular flexibility index (Phi) is 5.56. The average Bonchev–Trinajstić information content (AvgIpc) is 2.84. The number of hydrogen-bond acceptors (Lipinski definition) is 4. The Bertz CT molecular complexity index is 504. The molecule has 0 aliphatic carbocycles. The van der Waals surface area contributed by atoms with Crippen molar-refractivity contribution in [3.8, 4) is 0 Å². The molecule has 4 nitrogen and oxygen atoms in total. The highest BCUT2D eigenvalue weighted by molar-refractivity contribution is 7.12. The van der Waals surface area contributed by atoms with Crippen LogP contribution in [0.4, 0.5) is 4.79 Å². The first-order valence-electron chi connectivity index (χ1n) is 7.16. The van der Waals surface area contributed by atoms with Crippen LogP contribution in [0.1, 0.15) is 50.8 Å². The Morgan fingerprint density at radius 1 is 1.33 bits per heavy atom. The Labute approximate surface area is 131 Å². The third-order valence-electron chi connectivity index (χ3n) is 3.25. The van der Waals surface area contributed by atoms with Crippen molar-refractivity contribution in [3.63, 3.8) is 0 Å². The Morgan fingerprint density at radius 3 is 2.43 bits per heavy atom. The second-order valence-electron chi connectivity index (χ2n) is 6.32. The van der Waals surface area contributed by atoms with Crippen molar-refractivity contribution in [2.75, 3.05) is 7.05 Å². The predicted octanol–water partition coefficient (Wildman–Crippen LogP) is 3.98. The lowest BCUT2D eigenvalue weighted by molar-refractivity contribution is -0.117. The molecule has 1 rings (SSSR count). The van der Waals surface area contributed by atoms with Crippen molar-refractivity contribution >= 4 is 23.7 Å². The van der Waals surface area contributed by atoms with Crippen molar-refractivity contribution < 1.29 is 14.3 Å². The first kappa shape index (κ1) is 17.7. The molecule has 21 heavy (non-hydrogen) atoms. The van der Waals surface area contributed by atoms with E-state index in [9.17, 15) is 9.59 Å². The summed E-state index contributed by atoms with van der Waals surface area (Å²) in [6.07, 6.45) is 2.34. The molecule has 0 aromatic carbocycles. The first-order chi connectivity index (χ1) is 9.64. The summed E-state index contributed by atoms with van der Waals surface area (Å²) in [5.41, 5.74) is -1.59. The van der Waals surface area contributed by atoms with Crippen LogP contribution in [0.5, 0.6) is 0 Å². The van der Waals surface area contributed by atoms with E-state index in [0.29, 0.717) is 0 Å². The second-order valence-corrected chi connectivity index (χ2v) is 7.49. The van der Waals surface area contributed by atoms with Crippen LogP contribution >= 0.6 is 11.3 Å². The molecule has 0 aliphatic heterocycles. The van der Waals surface area contributed by atoms with E-state index in [-0.39, 0.29) is 0 Å². The smallest absolute Gasteiger partial charge is 0.411 e. The second kappa shape index (κ2) is 6.60.